The van der Waals surface area contributed by atoms with E-state index in [1.54, 1.807) is 30.5 Å². The Hall–Kier alpha value is -2.63. The van der Waals surface area contributed by atoms with Crippen molar-refractivity contribution in [3.63, 3.8) is 0 Å². The van der Waals surface area contributed by atoms with E-state index < -0.39 is 0 Å². The smallest absolute Gasteiger partial charge is 0.319 e. The highest BCUT2D eigenvalue weighted by molar-refractivity contribution is 5.89. The number of carbonyl (C=O) groups excluding carboxylic acids is 1. The van der Waals surface area contributed by atoms with Gasteiger partial charge in [0.2, 0.25) is 0 Å². The molecule has 0 saturated heterocycles. The van der Waals surface area contributed by atoms with Gasteiger partial charge in [-0.15, -0.1) is 0 Å². The maximum Gasteiger partial charge on any atom is 0.319 e. The molecule has 0 spiro atoms. The van der Waals surface area contributed by atoms with Crippen molar-refractivity contribution in [3.05, 3.63) is 42.4 Å². The Bertz CT molecular complexity index is 625. The van der Waals surface area contributed by atoms with Crippen molar-refractivity contribution in [3.8, 4) is 11.5 Å². The van der Waals surface area contributed by atoms with Gasteiger partial charge >= 0.3 is 6.03 Å². The largest absolute Gasteiger partial charge is 0.486 e. The minimum absolute atomic E-state index is 0.211. The van der Waals surface area contributed by atoms with E-state index in [0.717, 1.165) is 0 Å². The van der Waals surface area contributed by atoms with Crippen LogP contribution in [-0.4, -0.2) is 19.2 Å². The van der Waals surface area contributed by atoms with E-state index in [-0.39, 0.29) is 12.1 Å². The monoisotopic (exact) mass is 288 g/mol. The molecule has 0 unspecified atom stereocenters. The van der Waals surface area contributed by atoms with E-state index in [2.05, 4.69) is 10.6 Å². The van der Waals surface area contributed by atoms with Gasteiger partial charge < -0.3 is 24.5 Å². The molecule has 110 valence electrons. The van der Waals surface area contributed by atoms with E-state index in [0.29, 0.717) is 36.2 Å². The topological polar surface area (TPSA) is 72.7 Å². The molecule has 6 nitrogen and oxygen atoms in total. The summed E-state index contributed by atoms with van der Waals surface area (Å²) < 4.78 is 16.1. The first-order valence-corrected chi connectivity index (χ1v) is 6.73. The van der Waals surface area contributed by atoms with E-state index in [1.165, 1.54) is 0 Å². The molecule has 2 amide bonds. The number of fused-ring (bicyclic) bond motifs is 1. The van der Waals surface area contributed by atoms with Gasteiger partial charge in [0.15, 0.2) is 11.5 Å². The second-order valence-electron chi connectivity index (χ2n) is 4.69. The van der Waals surface area contributed by atoms with Gasteiger partial charge in [0, 0.05) is 11.8 Å². The average molecular weight is 288 g/mol. The van der Waals surface area contributed by atoms with Gasteiger partial charge in [-0.3, -0.25) is 0 Å². The summed E-state index contributed by atoms with van der Waals surface area (Å²) in [5, 5.41) is 5.55. The Kier molecular flexibility index (Phi) is 3.68. The molecule has 0 saturated carbocycles. The van der Waals surface area contributed by atoms with Gasteiger partial charge in [-0.25, -0.2) is 4.79 Å². The summed E-state index contributed by atoms with van der Waals surface area (Å²) in [6, 6.07) is 8.37. The lowest BCUT2D eigenvalue weighted by Crippen LogP contribution is -2.31. The molecule has 2 heterocycles. The number of benzene rings is 1. The maximum atomic E-state index is 12.0. The van der Waals surface area contributed by atoms with Crippen LogP contribution in [0.15, 0.2) is 41.0 Å². The molecule has 21 heavy (non-hydrogen) atoms. The summed E-state index contributed by atoms with van der Waals surface area (Å²) in [5.41, 5.74) is 0.642. The van der Waals surface area contributed by atoms with Crippen LogP contribution in [0.2, 0.25) is 0 Å². The number of urea groups is 1. The molecule has 0 fully saturated rings. The van der Waals surface area contributed by atoms with E-state index in [1.807, 2.05) is 13.0 Å². The summed E-state index contributed by atoms with van der Waals surface area (Å²) in [6.07, 6.45) is 1.58. The molecule has 0 radical (unpaired) electrons. The van der Waals surface area contributed by atoms with Gasteiger partial charge in [-0.1, -0.05) is 0 Å². The lowest BCUT2D eigenvalue weighted by molar-refractivity contribution is 0.171. The predicted molar refractivity (Wildman–Crippen MR) is 76.7 cm³/mol. The number of amides is 2. The number of furan rings is 1. The van der Waals surface area contributed by atoms with Crippen LogP contribution in [0.1, 0.15) is 18.7 Å². The molecule has 6 heteroatoms. The van der Waals surface area contributed by atoms with Gasteiger partial charge in [0.25, 0.3) is 0 Å². The van der Waals surface area contributed by atoms with Crippen molar-refractivity contribution >= 4 is 11.7 Å². The SMILES string of the molecule is C[C@H](NC(=O)Nc1ccc2c(c1)OCCO2)c1ccco1. The minimum Gasteiger partial charge on any atom is -0.486 e. The summed E-state index contributed by atoms with van der Waals surface area (Å²) in [7, 11) is 0. The fraction of sp³-hybridized carbons (Fsp3) is 0.267. The van der Waals surface area contributed by atoms with Crippen LogP contribution in [0.25, 0.3) is 0 Å². The maximum absolute atomic E-state index is 12.0. The fourth-order valence-corrected chi connectivity index (χ4v) is 2.09. The highest BCUT2D eigenvalue weighted by Crippen LogP contribution is 2.32. The van der Waals surface area contributed by atoms with Crippen LogP contribution in [0.3, 0.4) is 0 Å². The quantitative estimate of drug-likeness (QED) is 0.910. The molecule has 3 rings (SSSR count). The van der Waals surface area contributed by atoms with Gasteiger partial charge in [0.05, 0.1) is 12.3 Å². The Morgan fingerprint density at radius 3 is 2.76 bits per heavy atom. The highest BCUT2D eigenvalue weighted by Gasteiger charge is 2.14. The highest BCUT2D eigenvalue weighted by atomic mass is 16.6. The number of rotatable bonds is 3. The molecule has 0 aliphatic carbocycles. The van der Waals surface area contributed by atoms with Crippen LogP contribution in [0.4, 0.5) is 10.5 Å². The number of hydrogen-bond donors (Lipinski definition) is 2. The van der Waals surface area contributed by atoms with Crippen LogP contribution in [0.5, 0.6) is 11.5 Å². The zero-order valence-corrected chi connectivity index (χ0v) is 11.6. The predicted octanol–water partition coefficient (Wildman–Crippen LogP) is 2.93. The van der Waals surface area contributed by atoms with E-state index >= 15 is 0 Å². The molecule has 0 bridgehead atoms. The number of hydrogen-bond acceptors (Lipinski definition) is 4. The van der Waals surface area contributed by atoms with E-state index in [9.17, 15) is 4.79 Å². The minimum atomic E-state index is -0.310. The summed E-state index contributed by atoms with van der Waals surface area (Å²) >= 11 is 0. The lowest BCUT2D eigenvalue weighted by Gasteiger charge is -2.19. The molecule has 1 aromatic carbocycles. The molecule has 2 N–H and O–H groups in total. The number of ether oxygens (including phenoxy) is 2. The molecule has 2 aromatic rings. The zero-order valence-electron chi connectivity index (χ0n) is 11.6. The summed E-state index contributed by atoms with van der Waals surface area (Å²) in [4.78, 5) is 12.0. The average Bonchev–Trinajstić information content (AvgIpc) is 3.01. The molecule has 1 aliphatic heterocycles. The van der Waals surface area contributed by atoms with Crippen LogP contribution in [-0.2, 0) is 0 Å². The third-order valence-corrected chi connectivity index (χ3v) is 3.12. The first-order valence-electron chi connectivity index (χ1n) is 6.73. The lowest BCUT2D eigenvalue weighted by atomic mass is 10.2. The second kappa shape index (κ2) is 5.78. The van der Waals surface area contributed by atoms with Crippen LogP contribution < -0.4 is 20.1 Å². The second-order valence-corrected chi connectivity index (χ2v) is 4.69. The van der Waals surface area contributed by atoms with Gasteiger partial charge in [0.1, 0.15) is 19.0 Å². The summed E-state index contributed by atoms with van der Waals surface area (Å²) in [6.45, 7) is 2.90. The van der Waals surface area contributed by atoms with Crippen LogP contribution >= 0.6 is 0 Å². The van der Waals surface area contributed by atoms with Crippen molar-refractivity contribution in [1.82, 2.24) is 5.32 Å². The normalized spacial score (nSPS) is 14.3. The standard InChI is InChI=1S/C15H16N2O4/c1-10(12-3-2-6-19-12)16-15(18)17-11-4-5-13-14(9-11)21-8-7-20-13/h2-6,9-10H,7-8H2,1H3,(H2,16,17,18)/t10-/m0/s1. The Morgan fingerprint density at radius 2 is 2.00 bits per heavy atom. The van der Waals surface area contributed by atoms with Crippen molar-refractivity contribution in [2.24, 2.45) is 0 Å². The number of carbonyl (C=O) groups is 1. The number of anilines is 1. The van der Waals surface area contributed by atoms with Crippen molar-refractivity contribution in [2.75, 3.05) is 18.5 Å². The van der Waals surface area contributed by atoms with Crippen molar-refractivity contribution < 1.29 is 18.7 Å². The Labute approximate surface area is 122 Å². The molecule has 1 atom stereocenters. The van der Waals surface area contributed by atoms with Gasteiger partial charge in [-0.2, -0.15) is 0 Å². The molecule has 1 aromatic heterocycles. The number of nitrogens with one attached hydrogen (secondary N) is 2. The zero-order chi connectivity index (χ0) is 14.7. The van der Waals surface area contributed by atoms with Gasteiger partial charge in [-0.05, 0) is 31.2 Å². The molecule has 1 aliphatic rings. The Morgan fingerprint density at radius 1 is 1.19 bits per heavy atom. The summed E-state index contributed by atoms with van der Waals surface area (Å²) in [5.74, 6) is 2.03. The van der Waals surface area contributed by atoms with E-state index in [4.69, 9.17) is 13.9 Å². The molecular weight excluding hydrogens is 272 g/mol. The van der Waals surface area contributed by atoms with Crippen molar-refractivity contribution in [2.45, 2.75) is 13.0 Å². The Balaban J connectivity index is 1.62. The first kappa shape index (κ1) is 13.4. The third-order valence-electron chi connectivity index (χ3n) is 3.12. The molecular formula is C15H16N2O4. The van der Waals surface area contributed by atoms with Crippen LogP contribution in [0, 0.1) is 0 Å². The first-order chi connectivity index (χ1) is 10.2. The van der Waals surface area contributed by atoms with Crippen molar-refractivity contribution in [1.29, 1.82) is 0 Å². The third kappa shape index (κ3) is 3.10. The fourth-order valence-electron chi connectivity index (χ4n) is 2.09.